The lowest BCUT2D eigenvalue weighted by Gasteiger charge is -2.27. The molecule has 0 fully saturated rings. The molecule has 49 heavy (non-hydrogen) atoms. The number of anilines is 3. The minimum atomic E-state index is 0.435. The summed E-state index contributed by atoms with van der Waals surface area (Å²) >= 11 is 0. The van der Waals surface area contributed by atoms with Gasteiger partial charge in [0.2, 0.25) is 0 Å². The highest BCUT2D eigenvalue weighted by Gasteiger charge is 2.17. The number of benzene rings is 7. The summed E-state index contributed by atoms with van der Waals surface area (Å²) < 4.78 is 0. The highest BCUT2D eigenvalue weighted by atomic mass is 15.1. The van der Waals surface area contributed by atoms with Gasteiger partial charge < -0.3 is 4.90 Å². The van der Waals surface area contributed by atoms with Crippen molar-refractivity contribution in [3.63, 3.8) is 0 Å². The standard InChI is InChI=1S/C48H37N/c1-5-13-36(14-6-1)39-21-23-43(24-22-39)47-34-33-46(35-48(47)42-19-11-4-12-20-42)49(44-29-25-40(26-30-44)37-15-7-2-8-16-37)45-31-27-41(28-32-45)38-17-9-3-10-18-38/h1-13,15-36H,14H2. The summed E-state index contributed by atoms with van der Waals surface area (Å²) in [7, 11) is 0. The molecule has 0 aliphatic heterocycles. The van der Waals surface area contributed by atoms with E-state index in [0.29, 0.717) is 5.92 Å². The maximum atomic E-state index is 2.37. The zero-order valence-electron chi connectivity index (χ0n) is 27.4. The van der Waals surface area contributed by atoms with Gasteiger partial charge >= 0.3 is 0 Å². The highest BCUT2D eigenvalue weighted by Crippen LogP contribution is 2.42. The van der Waals surface area contributed by atoms with Gasteiger partial charge in [-0.1, -0.05) is 170 Å². The molecule has 8 rings (SSSR count). The van der Waals surface area contributed by atoms with Gasteiger partial charge in [0.25, 0.3) is 0 Å². The molecule has 0 amide bonds. The first kappa shape index (κ1) is 30.2. The highest BCUT2D eigenvalue weighted by molar-refractivity contribution is 5.89. The molecule has 0 bridgehead atoms. The van der Waals surface area contributed by atoms with Crippen LogP contribution in [0.15, 0.2) is 206 Å². The molecule has 1 unspecified atom stereocenters. The number of allylic oxidation sites excluding steroid dienone is 4. The second kappa shape index (κ2) is 13.9. The maximum Gasteiger partial charge on any atom is 0.0468 e. The third-order valence-electron chi connectivity index (χ3n) is 9.44. The van der Waals surface area contributed by atoms with Crippen LogP contribution in [-0.4, -0.2) is 0 Å². The molecule has 7 aromatic rings. The summed E-state index contributed by atoms with van der Waals surface area (Å²) in [5, 5.41) is 0. The monoisotopic (exact) mass is 627 g/mol. The van der Waals surface area contributed by atoms with Crippen LogP contribution < -0.4 is 4.90 Å². The van der Waals surface area contributed by atoms with E-state index < -0.39 is 0 Å². The van der Waals surface area contributed by atoms with Gasteiger partial charge in [-0.15, -0.1) is 0 Å². The number of hydrogen-bond donors (Lipinski definition) is 0. The van der Waals surface area contributed by atoms with Gasteiger partial charge in [-0.25, -0.2) is 0 Å². The Bertz CT molecular complexity index is 2110. The van der Waals surface area contributed by atoms with Crippen molar-refractivity contribution in [3.8, 4) is 44.5 Å². The smallest absolute Gasteiger partial charge is 0.0468 e. The van der Waals surface area contributed by atoms with Crippen molar-refractivity contribution >= 4 is 17.1 Å². The van der Waals surface area contributed by atoms with Crippen LogP contribution in [0.4, 0.5) is 17.1 Å². The van der Waals surface area contributed by atoms with Crippen molar-refractivity contribution in [2.24, 2.45) is 0 Å². The van der Waals surface area contributed by atoms with Crippen LogP contribution >= 0.6 is 0 Å². The predicted molar refractivity (Wildman–Crippen MR) is 209 cm³/mol. The molecule has 0 saturated carbocycles. The van der Waals surface area contributed by atoms with Gasteiger partial charge in [-0.2, -0.15) is 0 Å². The summed E-state index contributed by atoms with van der Waals surface area (Å²) in [6, 6.07) is 65.8. The third-order valence-corrected chi connectivity index (χ3v) is 9.44. The Morgan fingerprint density at radius 1 is 0.367 bits per heavy atom. The van der Waals surface area contributed by atoms with Crippen molar-refractivity contribution in [1.82, 2.24) is 0 Å². The molecule has 1 aliphatic rings. The molecule has 0 saturated heterocycles. The maximum absolute atomic E-state index is 2.37. The Morgan fingerprint density at radius 3 is 1.33 bits per heavy atom. The molecule has 0 aromatic heterocycles. The zero-order chi connectivity index (χ0) is 32.8. The van der Waals surface area contributed by atoms with Crippen molar-refractivity contribution in [2.45, 2.75) is 12.3 Å². The molecule has 1 atom stereocenters. The SMILES string of the molecule is C1=CCC(c2ccc(-c3ccc(N(c4ccc(-c5ccccc5)cc4)c4ccc(-c5ccccc5)cc4)cc3-c3ccccc3)cc2)C=C1. The van der Waals surface area contributed by atoms with E-state index >= 15 is 0 Å². The van der Waals surface area contributed by atoms with Crippen molar-refractivity contribution in [1.29, 1.82) is 0 Å². The quantitative estimate of drug-likeness (QED) is 0.162. The lowest BCUT2D eigenvalue weighted by Crippen LogP contribution is -2.10. The predicted octanol–water partition coefficient (Wildman–Crippen LogP) is 13.4. The van der Waals surface area contributed by atoms with E-state index in [1.165, 1.54) is 50.1 Å². The number of rotatable bonds is 8. The first-order valence-electron chi connectivity index (χ1n) is 17.0. The van der Waals surface area contributed by atoms with Gasteiger partial charge in [0.05, 0.1) is 0 Å². The molecule has 1 nitrogen and oxygen atoms in total. The lowest BCUT2D eigenvalue weighted by molar-refractivity contribution is 0.854. The van der Waals surface area contributed by atoms with E-state index in [0.717, 1.165) is 23.5 Å². The normalized spacial score (nSPS) is 13.7. The van der Waals surface area contributed by atoms with E-state index in [-0.39, 0.29) is 0 Å². The zero-order valence-corrected chi connectivity index (χ0v) is 27.4. The van der Waals surface area contributed by atoms with Crippen LogP contribution in [0.1, 0.15) is 17.9 Å². The third kappa shape index (κ3) is 6.52. The van der Waals surface area contributed by atoms with E-state index in [1.807, 2.05) is 0 Å². The fraction of sp³-hybridized carbons (Fsp3) is 0.0417. The van der Waals surface area contributed by atoms with Gasteiger partial charge in [0.1, 0.15) is 0 Å². The minimum Gasteiger partial charge on any atom is -0.310 e. The summed E-state index contributed by atoms with van der Waals surface area (Å²) in [6.07, 6.45) is 9.89. The topological polar surface area (TPSA) is 3.24 Å². The minimum absolute atomic E-state index is 0.435. The Labute approximate surface area is 289 Å². The average Bonchev–Trinajstić information content (AvgIpc) is 3.20. The lowest BCUT2D eigenvalue weighted by atomic mass is 9.89. The van der Waals surface area contributed by atoms with Crippen molar-refractivity contribution in [3.05, 3.63) is 212 Å². The largest absolute Gasteiger partial charge is 0.310 e. The van der Waals surface area contributed by atoms with Crippen LogP contribution in [-0.2, 0) is 0 Å². The van der Waals surface area contributed by atoms with Crippen LogP contribution in [0.5, 0.6) is 0 Å². The van der Waals surface area contributed by atoms with Crippen LogP contribution in [0.2, 0.25) is 0 Å². The van der Waals surface area contributed by atoms with Gasteiger partial charge in [0.15, 0.2) is 0 Å². The van der Waals surface area contributed by atoms with Crippen molar-refractivity contribution in [2.75, 3.05) is 4.90 Å². The molecule has 0 N–H and O–H groups in total. The van der Waals surface area contributed by atoms with E-state index in [2.05, 4.69) is 211 Å². The number of nitrogens with zero attached hydrogens (tertiary/aromatic N) is 1. The molecule has 1 heteroatoms. The second-order valence-electron chi connectivity index (χ2n) is 12.5. The Balaban J connectivity index is 1.23. The summed E-state index contributed by atoms with van der Waals surface area (Å²) in [4.78, 5) is 2.37. The summed E-state index contributed by atoms with van der Waals surface area (Å²) in [6.45, 7) is 0. The Hall–Kier alpha value is -6.18. The van der Waals surface area contributed by atoms with Gasteiger partial charge in [0, 0.05) is 23.0 Å². The summed E-state index contributed by atoms with van der Waals surface area (Å²) in [5.41, 5.74) is 14.4. The molecular formula is C48H37N. The van der Waals surface area contributed by atoms with Crippen LogP contribution in [0.3, 0.4) is 0 Å². The first-order chi connectivity index (χ1) is 24.3. The molecule has 0 heterocycles. The van der Waals surface area contributed by atoms with Gasteiger partial charge in [-0.05, 0) is 92.9 Å². The first-order valence-corrected chi connectivity index (χ1v) is 17.0. The molecular weight excluding hydrogens is 591 g/mol. The Morgan fingerprint density at radius 2 is 0.816 bits per heavy atom. The van der Waals surface area contributed by atoms with E-state index in [9.17, 15) is 0 Å². The van der Waals surface area contributed by atoms with E-state index in [4.69, 9.17) is 0 Å². The van der Waals surface area contributed by atoms with Gasteiger partial charge in [-0.3, -0.25) is 0 Å². The van der Waals surface area contributed by atoms with E-state index in [1.54, 1.807) is 0 Å². The molecule has 0 radical (unpaired) electrons. The molecule has 234 valence electrons. The second-order valence-corrected chi connectivity index (χ2v) is 12.5. The molecule has 0 spiro atoms. The number of hydrogen-bond acceptors (Lipinski definition) is 1. The average molecular weight is 628 g/mol. The van der Waals surface area contributed by atoms with Crippen molar-refractivity contribution < 1.29 is 0 Å². The fourth-order valence-electron chi connectivity index (χ4n) is 6.83. The van der Waals surface area contributed by atoms with Crippen LogP contribution in [0.25, 0.3) is 44.5 Å². The molecule has 1 aliphatic carbocycles. The Kier molecular flexibility index (Phi) is 8.56. The van der Waals surface area contributed by atoms with Crippen LogP contribution in [0, 0.1) is 0 Å². The fourth-order valence-corrected chi connectivity index (χ4v) is 6.83. The summed E-state index contributed by atoms with van der Waals surface area (Å²) in [5.74, 6) is 0.435. The molecule has 7 aromatic carbocycles.